The van der Waals surface area contributed by atoms with Gasteiger partial charge in [-0.1, -0.05) is 11.8 Å². The van der Waals surface area contributed by atoms with Gasteiger partial charge in [0, 0.05) is 55.9 Å². The maximum atomic E-state index is 4.61. The fraction of sp³-hybridized carbons (Fsp3) is 0.467. The molecule has 0 aromatic carbocycles. The quantitative estimate of drug-likeness (QED) is 0.320. The summed E-state index contributed by atoms with van der Waals surface area (Å²) in [6, 6.07) is 4.08. The van der Waals surface area contributed by atoms with Crippen LogP contribution >= 0.6 is 23.1 Å². The summed E-state index contributed by atoms with van der Waals surface area (Å²) in [6.07, 6.45) is 7.05. The Morgan fingerprint density at radius 3 is 2.95 bits per heavy atom. The molecule has 0 amide bonds. The first-order valence-electron chi connectivity index (χ1n) is 7.53. The van der Waals surface area contributed by atoms with Crippen LogP contribution in [0.4, 0.5) is 0 Å². The number of aliphatic imine (C=N–C) groups is 1. The number of nitrogens with zero attached hydrogens (tertiary/aromatic N) is 3. The monoisotopic (exact) mass is 337 g/mol. The van der Waals surface area contributed by atoms with E-state index in [1.165, 1.54) is 0 Å². The molecule has 0 aliphatic carbocycles. The second-order valence-electron chi connectivity index (χ2n) is 4.61. The third-order valence-corrected chi connectivity index (χ3v) is 4.93. The number of rotatable bonds is 9. The minimum Gasteiger partial charge on any atom is -0.357 e. The highest BCUT2D eigenvalue weighted by Crippen LogP contribution is 2.20. The molecule has 2 heterocycles. The van der Waals surface area contributed by atoms with Crippen molar-refractivity contribution in [3.63, 3.8) is 0 Å². The second-order valence-corrected chi connectivity index (χ2v) is 6.84. The van der Waals surface area contributed by atoms with Gasteiger partial charge in [-0.2, -0.15) is 0 Å². The van der Waals surface area contributed by atoms with Crippen molar-refractivity contribution < 1.29 is 0 Å². The highest BCUT2D eigenvalue weighted by atomic mass is 32.2. The molecule has 0 radical (unpaired) electrons. The summed E-state index contributed by atoms with van der Waals surface area (Å²) in [6.45, 7) is 5.60. The molecule has 0 unspecified atom stereocenters. The lowest BCUT2D eigenvalue weighted by Crippen LogP contribution is -2.38. The molecule has 2 rings (SSSR count). The fourth-order valence-corrected chi connectivity index (χ4v) is 3.49. The van der Waals surface area contributed by atoms with Crippen LogP contribution in [0.2, 0.25) is 0 Å². The topological polar surface area (TPSA) is 54.2 Å². The molecule has 0 atom stereocenters. The van der Waals surface area contributed by atoms with Crippen LogP contribution in [0.25, 0.3) is 0 Å². The van der Waals surface area contributed by atoms with Crippen LogP contribution < -0.4 is 10.6 Å². The van der Waals surface area contributed by atoms with Crippen molar-refractivity contribution in [2.45, 2.75) is 24.2 Å². The van der Waals surface area contributed by atoms with E-state index < -0.39 is 0 Å². The van der Waals surface area contributed by atoms with Gasteiger partial charge in [0.05, 0.1) is 0 Å². The summed E-state index contributed by atoms with van der Waals surface area (Å²) >= 11 is 3.50. The number of thiazole rings is 1. The zero-order valence-electron chi connectivity index (χ0n) is 12.9. The van der Waals surface area contributed by atoms with Crippen molar-refractivity contribution in [1.82, 2.24) is 20.2 Å². The van der Waals surface area contributed by atoms with Gasteiger partial charge in [0.1, 0.15) is 4.34 Å². The minimum absolute atomic E-state index is 0.831. The number of hydrogen-bond acceptors (Lipinski definition) is 4. The molecule has 0 fully saturated rings. The van der Waals surface area contributed by atoms with Crippen molar-refractivity contribution in [2.24, 2.45) is 4.99 Å². The summed E-state index contributed by atoms with van der Waals surface area (Å²) in [7, 11) is 0. The van der Waals surface area contributed by atoms with Gasteiger partial charge in [0.15, 0.2) is 5.96 Å². The molecule has 2 N–H and O–H groups in total. The number of hydrogen-bond donors (Lipinski definition) is 2. The Bertz CT molecular complexity index is 522. The molecule has 2 aromatic rings. The molecule has 0 saturated carbocycles. The maximum absolute atomic E-state index is 4.61. The predicted octanol–water partition coefficient (Wildman–Crippen LogP) is 2.68. The number of thioether (sulfide) groups is 1. The summed E-state index contributed by atoms with van der Waals surface area (Å²) in [4.78, 5) is 8.87. The first-order chi connectivity index (χ1) is 10.9. The molecule has 22 heavy (non-hydrogen) atoms. The lowest BCUT2D eigenvalue weighted by molar-refractivity contribution is 0.665. The molecule has 0 spiro atoms. The number of nitrogens with one attached hydrogen (secondary N) is 2. The van der Waals surface area contributed by atoms with Gasteiger partial charge in [-0.15, -0.1) is 11.3 Å². The van der Waals surface area contributed by atoms with Gasteiger partial charge in [-0.25, -0.2) is 4.98 Å². The second kappa shape index (κ2) is 10.3. The fourth-order valence-electron chi connectivity index (χ4n) is 1.86. The highest BCUT2D eigenvalue weighted by molar-refractivity contribution is 8.00. The third-order valence-electron chi connectivity index (χ3n) is 2.88. The van der Waals surface area contributed by atoms with E-state index in [9.17, 15) is 0 Å². The van der Waals surface area contributed by atoms with Gasteiger partial charge in [-0.3, -0.25) is 4.99 Å². The van der Waals surface area contributed by atoms with Crippen molar-refractivity contribution >= 4 is 29.1 Å². The van der Waals surface area contributed by atoms with Crippen LogP contribution in [-0.4, -0.2) is 40.9 Å². The molecule has 0 aliphatic heterocycles. The Balaban J connectivity index is 1.63. The Labute approximate surface area is 140 Å². The van der Waals surface area contributed by atoms with E-state index in [4.69, 9.17) is 0 Å². The normalized spacial score (nSPS) is 11.6. The van der Waals surface area contributed by atoms with Crippen LogP contribution in [-0.2, 0) is 6.54 Å². The van der Waals surface area contributed by atoms with E-state index >= 15 is 0 Å². The molecule has 120 valence electrons. The SMILES string of the molecule is CCNC(=NCCCSc1nccs1)NCCn1cccc1. The Morgan fingerprint density at radius 2 is 2.23 bits per heavy atom. The van der Waals surface area contributed by atoms with Gasteiger partial charge in [-0.05, 0) is 25.5 Å². The number of aromatic nitrogens is 2. The zero-order valence-corrected chi connectivity index (χ0v) is 14.5. The lowest BCUT2D eigenvalue weighted by atomic mass is 10.5. The van der Waals surface area contributed by atoms with E-state index in [-0.39, 0.29) is 0 Å². The standard InChI is InChI=1S/C15H23N5S2/c1-2-16-14(18-7-11-20-9-3-4-10-20)17-6-5-12-21-15-19-8-13-22-15/h3-4,8-10,13H,2,5-7,11-12H2,1H3,(H2,16,17,18). The average Bonchev–Trinajstić information content (AvgIpc) is 3.20. The van der Waals surface area contributed by atoms with Crippen LogP contribution in [0, 0.1) is 0 Å². The van der Waals surface area contributed by atoms with Crippen LogP contribution in [0.1, 0.15) is 13.3 Å². The zero-order chi connectivity index (χ0) is 15.5. The van der Waals surface area contributed by atoms with E-state index in [0.29, 0.717) is 0 Å². The van der Waals surface area contributed by atoms with E-state index in [2.05, 4.69) is 44.5 Å². The molecule has 0 aliphatic rings. The molecule has 0 saturated heterocycles. The molecular formula is C15H23N5S2. The minimum atomic E-state index is 0.831. The predicted molar refractivity (Wildman–Crippen MR) is 95.9 cm³/mol. The summed E-state index contributed by atoms with van der Waals surface area (Å²) in [5.41, 5.74) is 0. The molecule has 7 heteroatoms. The Morgan fingerprint density at radius 1 is 1.36 bits per heavy atom. The van der Waals surface area contributed by atoms with Crippen molar-refractivity contribution in [3.8, 4) is 0 Å². The third kappa shape index (κ3) is 6.53. The first-order valence-corrected chi connectivity index (χ1v) is 9.40. The summed E-state index contributed by atoms with van der Waals surface area (Å²) in [5, 5.41) is 8.66. The smallest absolute Gasteiger partial charge is 0.191 e. The van der Waals surface area contributed by atoms with Crippen molar-refractivity contribution in [3.05, 3.63) is 36.1 Å². The van der Waals surface area contributed by atoms with Gasteiger partial charge < -0.3 is 15.2 Å². The lowest BCUT2D eigenvalue weighted by Gasteiger charge is -2.11. The van der Waals surface area contributed by atoms with Crippen LogP contribution in [0.3, 0.4) is 0 Å². The number of guanidine groups is 1. The van der Waals surface area contributed by atoms with Crippen LogP contribution in [0.15, 0.2) is 45.4 Å². The molecule has 2 aromatic heterocycles. The maximum Gasteiger partial charge on any atom is 0.191 e. The average molecular weight is 338 g/mol. The molecule has 5 nitrogen and oxygen atoms in total. The molecule has 0 bridgehead atoms. The van der Waals surface area contributed by atoms with Gasteiger partial charge in [0.25, 0.3) is 0 Å². The summed E-state index contributed by atoms with van der Waals surface area (Å²) < 4.78 is 3.29. The van der Waals surface area contributed by atoms with Gasteiger partial charge >= 0.3 is 0 Å². The van der Waals surface area contributed by atoms with E-state index in [1.807, 2.05) is 23.7 Å². The van der Waals surface area contributed by atoms with E-state index in [0.717, 1.165) is 48.7 Å². The summed E-state index contributed by atoms with van der Waals surface area (Å²) in [5.74, 6) is 1.95. The highest BCUT2D eigenvalue weighted by Gasteiger charge is 1.98. The Hall–Kier alpha value is -1.47. The van der Waals surface area contributed by atoms with E-state index in [1.54, 1.807) is 23.1 Å². The van der Waals surface area contributed by atoms with Crippen molar-refractivity contribution in [2.75, 3.05) is 25.4 Å². The Kier molecular flexibility index (Phi) is 7.90. The molecular weight excluding hydrogens is 314 g/mol. The van der Waals surface area contributed by atoms with Crippen LogP contribution in [0.5, 0.6) is 0 Å². The van der Waals surface area contributed by atoms with Gasteiger partial charge in [0.2, 0.25) is 0 Å². The largest absolute Gasteiger partial charge is 0.357 e. The first kappa shape index (κ1) is 16.9. The van der Waals surface area contributed by atoms with Crippen molar-refractivity contribution in [1.29, 1.82) is 0 Å².